The summed E-state index contributed by atoms with van der Waals surface area (Å²) >= 11 is 0. The van der Waals surface area contributed by atoms with E-state index in [0.717, 1.165) is 0 Å². The number of aliphatic imine (C=N–C) groups is 2. The first-order valence-corrected chi connectivity index (χ1v) is 5.34. The van der Waals surface area contributed by atoms with Gasteiger partial charge in [0, 0.05) is 11.1 Å². The van der Waals surface area contributed by atoms with Crippen LogP contribution in [-0.2, 0) is 19.1 Å². The van der Waals surface area contributed by atoms with Gasteiger partial charge in [-0.2, -0.15) is 0 Å². The quantitative estimate of drug-likeness (QED) is 0.701. The van der Waals surface area contributed by atoms with Crippen molar-refractivity contribution in [2.24, 2.45) is 9.98 Å². The molecule has 1 aromatic carbocycles. The molecule has 18 heavy (non-hydrogen) atoms. The minimum Gasteiger partial charge on any atom is -0.406 e. The molecule has 0 spiro atoms. The monoisotopic (exact) mass is 244 g/mol. The van der Waals surface area contributed by atoms with Crippen molar-refractivity contribution >= 4 is 23.7 Å². The van der Waals surface area contributed by atoms with Gasteiger partial charge in [-0.3, -0.25) is 0 Å². The number of esters is 2. The van der Waals surface area contributed by atoms with E-state index in [2.05, 4.69) is 9.98 Å². The molecule has 2 aliphatic rings. The molecule has 0 amide bonds. The van der Waals surface area contributed by atoms with E-state index in [0.29, 0.717) is 11.1 Å². The Morgan fingerprint density at radius 1 is 0.833 bits per heavy atom. The molecule has 0 aromatic heterocycles. The van der Waals surface area contributed by atoms with E-state index in [9.17, 15) is 9.59 Å². The van der Waals surface area contributed by atoms with Crippen molar-refractivity contribution in [2.45, 2.75) is 0 Å². The van der Waals surface area contributed by atoms with E-state index in [1.165, 1.54) is 0 Å². The van der Waals surface area contributed by atoms with E-state index in [4.69, 9.17) is 9.47 Å². The van der Waals surface area contributed by atoms with Crippen LogP contribution >= 0.6 is 0 Å². The lowest BCUT2D eigenvalue weighted by molar-refractivity contribution is -0.133. The Morgan fingerprint density at radius 3 is 1.61 bits per heavy atom. The molecule has 0 saturated heterocycles. The summed E-state index contributed by atoms with van der Waals surface area (Å²) in [7, 11) is 0. The molecule has 1 aromatic rings. The molecule has 0 aliphatic carbocycles. The molecule has 0 fully saturated rings. The highest BCUT2D eigenvalue weighted by molar-refractivity contribution is 6.14. The van der Waals surface area contributed by atoms with Gasteiger partial charge in [-0.05, 0) is 12.1 Å². The molecule has 0 bridgehead atoms. The highest BCUT2D eigenvalue weighted by Gasteiger charge is 2.25. The fourth-order valence-electron chi connectivity index (χ4n) is 1.75. The molecule has 90 valence electrons. The summed E-state index contributed by atoms with van der Waals surface area (Å²) in [6, 6.07) is 7.04. The molecule has 0 unspecified atom stereocenters. The van der Waals surface area contributed by atoms with E-state index in [-0.39, 0.29) is 24.9 Å². The summed E-state index contributed by atoms with van der Waals surface area (Å²) in [4.78, 5) is 30.1. The van der Waals surface area contributed by atoms with Crippen molar-refractivity contribution in [3.8, 4) is 0 Å². The Balaban J connectivity index is 2.01. The second-order valence-electron chi connectivity index (χ2n) is 3.74. The van der Waals surface area contributed by atoms with Crippen molar-refractivity contribution < 1.29 is 19.1 Å². The normalized spacial score (nSPS) is 18.2. The minimum absolute atomic E-state index is 0.00985. The van der Waals surface area contributed by atoms with Gasteiger partial charge in [0.05, 0.1) is 0 Å². The SMILES string of the molecule is O=C1CN=C(c2ccccc2C2=NCC(=O)O2)O1. The fraction of sp³-hybridized carbons (Fsp3) is 0.167. The molecule has 6 nitrogen and oxygen atoms in total. The third kappa shape index (κ3) is 1.77. The van der Waals surface area contributed by atoms with Crippen molar-refractivity contribution in [3.63, 3.8) is 0 Å². The first-order chi connectivity index (χ1) is 8.74. The largest absolute Gasteiger partial charge is 0.406 e. The van der Waals surface area contributed by atoms with E-state index in [1.807, 2.05) is 0 Å². The number of rotatable bonds is 2. The molecular formula is C12H8N2O4. The maximum absolute atomic E-state index is 11.1. The number of ether oxygens (including phenoxy) is 2. The number of nitrogens with zero attached hydrogens (tertiary/aromatic N) is 2. The first kappa shape index (κ1) is 10.6. The predicted octanol–water partition coefficient (Wildman–Crippen LogP) is 0.293. The van der Waals surface area contributed by atoms with Gasteiger partial charge in [0.2, 0.25) is 11.8 Å². The minimum atomic E-state index is -0.398. The van der Waals surface area contributed by atoms with Gasteiger partial charge >= 0.3 is 11.9 Å². The van der Waals surface area contributed by atoms with Gasteiger partial charge in [-0.1, -0.05) is 12.1 Å². The molecular weight excluding hydrogens is 236 g/mol. The molecule has 0 radical (unpaired) electrons. The number of cyclic esters (lactones) is 2. The van der Waals surface area contributed by atoms with Crippen LogP contribution in [0, 0.1) is 0 Å². The number of carbonyl (C=O) groups excluding carboxylic acids is 2. The summed E-state index contributed by atoms with van der Waals surface area (Å²) in [5.41, 5.74) is 1.19. The third-order valence-corrected chi connectivity index (χ3v) is 2.51. The highest BCUT2D eigenvalue weighted by Crippen LogP contribution is 2.17. The summed E-state index contributed by atoms with van der Waals surface area (Å²) < 4.78 is 9.98. The Kier molecular flexibility index (Phi) is 2.40. The van der Waals surface area contributed by atoms with Crippen molar-refractivity contribution in [2.75, 3.05) is 13.1 Å². The molecule has 2 aliphatic heterocycles. The molecule has 0 saturated carbocycles. The standard InChI is InChI=1S/C12H8N2O4/c15-9-5-13-11(17-9)7-3-1-2-4-8(7)12-14-6-10(16)18-12/h1-4H,5-6H2. The maximum atomic E-state index is 11.1. The zero-order chi connectivity index (χ0) is 12.5. The van der Waals surface area contributed by atoms with Crippen LogP contribution in [0.4, 0.5) is 0 Å². The Morgan fingerprint density at radius 2 is 1.28 bits per heavy atom. The molecule has 0 N–H and O–H groups in total. The second kappa shape index (κ2) is 4.06. The van der Waals surface area contributed by atoms with Crippen LogP contribution in [0.25, 0.3) is 0 Å². The summed E-state index contributed by atoms with van der Waals surface area (Å²) in [5.74, 6) is -0.321. The zero-order valence-electron chi connectivity index (χ0n) is 9.25. The van der Waals surface area contributed by atoms with Gasteiger partial charge in [0.25, 0.3) is 0 Å². The van der Waals surface area contributed by atoms with Gasteiger partial charge in [-0.25, -0.2) is 19.6 Å². The predicted molar refractivity (Wildman–Crippen MR) is 61.4 cm³/mol. The Labute approximate surface area is 102 Å². The topological polar surface area (TPSA) is 77.3 Å². The van der Waals surface area contributed by atoms with Crippen LogP contribution in [0.1, 0.15) is 11.1 Å². The summed E-state index contributed by atoms with van der Waals surface area (Å²) in [6.07, 6.45) is 0. The van der Waals surface area contributed by atoms with Crippen molar-refractivity contribution in [1.82, 2.24) is 0 Å². The summed E-state index contributed by atoms with van der Waals surface area (Å²) in [5, 5.41) is 0. The fourth-order valence-corrected chi connectivity index (χ4v) is 1.75. The molecule has 0 atom stereocenters. The van der Waals surface area contributed by atoms with Crippen molar-refractivity contribution in [1.29, 1.82) is 0 Å². The Bertz CT molecular complexity index is 551. The molecule has 6 heteroatoms. The lowest BCUT2D eigenvalue weighted by Gasteiger charge is -2.07. The van der Waals surface area contributed by atoms with Crippen LogP contribution in [0.5, 0.6) is 0 Å². The smallest absolute Gasteiger partial charge is 0.334 e. The van der Waals surface area contributed by atoms with Gasteiger partial charge in [0.15, 0.2) is 0 Å². The lowest BCUT2D eigenvalue weighted by atomic mass is 10.1. The average Bonchev–Trinajstić information content (AvgIpc) is 2.98. The number of benzene rings is 1. The second-order valence-corrected chi connectivity index (χ2v) is 3.74. The lowest BCUT2D eigenvalue weighted by Crippen LogP contribution is -2.13. The van der Waals surface area contributed by atoms with Crippen LogP contribution in [-0.4, -0.2) is 36.8 Å². The van der Waals surface area contributed by atoms with Gasteiger partial charge in [-0.15, -0.1) is 0 Å². The van der Waals surface area contributed by atoms with E-state index >= 15 is 0 Å². The van der Waals surface area contributed by atoms with Crippen molar-refractivity contribution in [3.05, 3.63) is 35.4 Å². The average molecular weight is 244 g/mol. The molecule has 3 rings (SSSR count). The third-order valence-electron chi connectivity index (χ3n) is 2.51. The van der Waals surface area contributed by atoms with Crippen LogP contribution < -0.4 is 0 Å². The number of hydrogen-bond donors (Lipinski definition) is 0. The van der Waals surface area contributed by atoms with Crippen LogP contribution in [0.15, 0.2) is 34.3 Å². The number of carbonyl (C=O) groups is 2. The van der Waals surface area contributed by atoms with E-state index < -0.39 is 11.9 Å². The van der Waals surface area contributed by atoms with E-state index in [1.54, 1.807) is 24.3 Å². The molecule has 2 heterocycles. The van der Waals surface area contributed by atoms with Gasteiger partial charge in [0.1, 0.15) is 13.1 Å². The van der Waals surface area contributed by atoms with Gasteiger partial charge < -0.3 is 9.47 Å². The maximum Gasteiger partial charge on any atom is 0.334 e. The first-order valence-electron chi connectivity index (χ1n) is 5.34. The zero-order valence-corrected chi connectivity index (χ0v) is 9.25. The number of hydrogen-bond acceptors (Lipinski definition) is 6. The summed E-state index contributed by atoms with van der Waals surface area (Å²) in [6.45, 7) is 0.0197. The van der Waals surface area contributed by atoms with Crippen LogP contribution in [0.3, 0.4) is 0 Å². The highest BCUT2D eigenvalue weighted by atomic mass is 16.6. The Hall–Kier alpha value is -2.50. The van der Waals surface area contributed by atoms with Crippen LogP contribution in [0.2, 0.25) is 0 Å².